The SMILES string of the molecule is Cn1c(=O)c(C#N)c(N2CCC(O)([C@H](c3ccc(Cl)cn3)C3CC3)CC2)c2nc(Cl)ccc21. The zero-order valence-electron chi connectivity index (χ0n) is 18.1. The van der Waals surface area contributed by atoms with E-state index in [2.05, 4.69) is 16.0 Å². The van der Waals surface area contributed by atoms with Crippen LogP contribution in [0.2, 0.25) is 10.2 Å². The molecule has 4 heterocycles. The third-order valence-electron chi connectivity index (χ3n) is 6.98. The van der Waals surface area contributed by atoms with Gasteiger partial charge in [0.1, 0.15) is 22.3 Å². The summed E-state index contributed by atoms with van der Waals surface area (Å²) in [5.74, 6) is 0.329. The largest absolute Gasteiger partial charge is 0.389 e. The average molecular weight is 484 g/mol. The van der Waals surface area contributed by atoms with Gasteiger partial charge in [0.25, 0.3) is 5.56 Å². The molecule has 1 aliphatic carbocycles. The quantitative estimate of drug-likeness (QED) is 0.562. The number of rotatable bonds is 4. The van der Waals surface area contributed by atoms with Crippen molar-refractivity contribution < 1.29 is 5.11 Å². The molecule has 1 atom stereocenters. The van der Waals surface area contributed by atoms with Gasteiger partial charge in [-0.3, -0.25) is 9.78 Å². The van der Waals surface area contributed by atoms with E-state index in [1.807, 2.05) is 17.0 Å². The van der Waals surface area contributed by atoms with Crippen LogP contribution in [0.4, 0.5) is 5.69 Å². The number of nitrogens with zero attached hydrogens (tertiary/aromatic N) is 5. The van der Waals surface area contributed by atoms with E-state index < -0.39 is 5.60 Å². The molecule has 2 aliphatic rings. The van der Waals surface area contributed by atoms with E-state index in [0.717, 1.165) is 18.5 Å². The molecule has 9 heteroatoms. The van der Waals surface area contributed by atoms with Crippen molar-refractivity contribution in [1.82, 2.24) is 14.5 Å². The summed E-state index contributed by atoms with van der Waals surface area (Å²) in [6.07, 6.45) is 4.75. The smallest absolute Gasteiger partial charge is 0.270 e. The number of pyridine rings is 3. The lowest BCUT2D eigenvalue weighted by Crippen LogP contribution is -2.49. The van der Waals surface area contributed by atoms with Gasteiger partial charge < -0.3 is 14.6 Å². The van der Waals surface area contributed by atoms with Crippen LogP contribution in [0.5, 0.6) is 0 Å². The lowest BCUT2D eigenvalue weighted by molar-refractivity contribution is -0.0185. The molecule has 7 nitrogen and oxygen atoms in total. The van der Waals surface area contributed by atoms with Gasteiger partial charge in [0, 0.05) is 37.9 Å². The van der Waals surface area contributed by atoms with Gasteiger partial charge in [-0.1, -0.05) is 23.2 Å². The van der Waals surface area contributed by atoms with Gasteiger partial charge in [0.2, 0.25) is 0 Å². The molecule has 33 heavy (non-hydrogen) atoms. The lowest BCUT2D eigenvalue weighted by Gasteiger charge is -2.44. The number of aliphatic hydroxyl groups is 1. The Hall–Kier alpha value is -2.66. The van der Waals surface area contributed by atoms with Crippen molar-refractivity contribution in [2.45, 2.75) is 37.2 Å². The minimum atomic E-state index is -0.925. The Morgan fingerprint density at radius 2 is 1.94 bits per heavy atom. The zero-order valence-corrected chi connectivity index (χ0v) is 19.6. The van der Waals surface area contributed by atoms with Gasteiger partial charge in [-0.05, 0) is 55.9 Å². The lowest BCUT2D eigenvalue weighted by atomic mass is 9.74. The summed E-state index contributed by atoms with van der Waals surface area (Å²) in [4.78, 5) is 23.9. The summed E-state index contributed by atoms with van der Waals surface area (Å²) >= 11 is 12.2. The second-order valence-corrected chi connectivity index (χ2v) is 9.83. The Balaban J connectivity index is 1.51. The average Bonchev–Trinajstić information content (AvgIpc) is 3.63. The highest BCUT2D eigenvalue weighted by Crippen LogP contribution is 2.51. The van der Waals surface area contributed by atoms with Gasteiger partial charge >= 0.3 is 0 Å². The number of aryl methyl sites for hydroxylation is 1. The highest BCUT2D eigenvalue weighted by atomic mass is 35.5. The van der Waals surface area contributed by atoms with E-state index in [0.29, 0.717) is 58.7 Å². The maximum Gasteiger partial charge on any atom is 0.270 e. The van der Waals surface area contributed by atoms with Crippen molar-refractivity contribution in [3.8, 4) is 6.07 Å². The first-order chi connectivity index (χ1) is 15.8. The Labute approximate surface area is 201 Å². The summed E-state index contributed by atoms with van der Waals surface area (Å²) in [6.45, 7) is 0.969. The fourth-order valence-electron chi connectivity index (χ4n) is 5.16. The first kappa shape index (κ1) is 22.1. The van der Waals surface area contributed by atoms with Crippen LogP contribution < -0.4 is 10.5 Å². The van der Waals surface area contributed by atoms with Crippen LogP contribution in [0.1, 0.15) is 42.9 Å². The van der Waals surface area contributed by atoms with Crippen molar-refractivity contribution in [2.75, 3.05) is 18.0 Å². The fourth-order valence-corrected chi connectivity index (χ4v) is 5.42. The number of aromatic nitrogens is 3. The number of nitriles is 1. The number of fused-ring (bicyclic) bond motifs is 1. The third-order valence-corrected chi connectivity index (χ3v) is 7.41. The molecule has 5 rings (SSSR count). The van der Waals surface area contributed by atoms with Crippen LogP contribution in [0, 0.1) is 17.2 Å². The molecule has 1 saturated heterocycles. The van der Waals surface area contributed by atoms with E-state index in [9.17, 15) is 15.2 Å². The molecule has 0 radical (unpaired) electrons. The van der Waals surface area contributed by atoms with E-state index in [1.54, 1.807) is 25.4 Å². The van der Waals surface area contributed by atoms with Gasteiger partial charge in [-0.2, -0.15) is 5.26 Å². The van der Waals surface area contributed by atoms with Crippen molar-refractivity contribution in [1.29, 1.82) is 5.26 Å². The maximum atomic E-state index is 12.9. The fraction of sp³-hybridized carbons (Fsp3) is 0.417. The standard InChI is InChI=1S/C24H23Cl2N5O2/c1-30-18-6-7-19(26)29-21(18)22(16(12-27)23(30)32)31-10-8-24(33,9-11-31)20(14-2-3-14)17-5-4-15(25)13-28-17/h4-7,13-14,20,33H,2-3,8-11H2,1H3/t20-/m0/s1. The van der Waals surface area contributed by atoms with Crippen molar-refractivity contribution in [2.24, 2.45) is 13.0 Å². The maximum absolute atomic E-state index is 12.9. The minimum Gasteiger partial charge on any atom is -0.389 e. The van der Waals surface area contributed by atoms with Crippen molar-refractivity contribution >= 4 is 39.9 Å². The van der Waals surface area contributed by atoms with Crippen LogP contribution in [0.25, 0.3) is 11.0 Å². The second kappa shape index (κ2) is 8.28. The third kappa shape index (κ3) is 3.86. The topological polar surface area (TPSA) is 95.0 Å². The Bertz CT molecular complexity index is 1320. The first-order valence-electron chi connectivity index (χ1n) is 11.0. The molecule has 170 valence electrons. The van der Waals surface area contributed by atoms with Gasteiger partial charge in [0.05, 0.1) is 21.8 Å². The molecular formula is C24H23Cl2N5O2. The van der Waals surface area contributed by atoms with Gasteiger partial charge in [-0.15, -0.1) is 0 Å². The summed E-state index contributed by atoms with van der Waals surface area (Å²) in [5.41, 5.74) is 1.24. The van der Waals surface area contributed by atoms with Crippen LogP contribution in [0.3, 0.4) is 0 Å². The number of halogens is 2. The summed E-state index contributed by atoms with van der Waals surface area (Å²) in [7, 11) is 1.62. The highest BCUT2D eigenvalue weighted by Gasteiger charge is 2.48. The van der Waals surface area contributed by atoms with Gasteiger partial charge in [-0.25, -0.2) is 4.98 Å². The Morgan fingerprint density at radius 1 is 1.21 bits per heavy atom. The van der Waals surface area contributed by atoms with E-state index >= 15 is 0 Å². The van der Waals surface area contributed by atoms with E-state index in [1.165, 1.54) is 4.57 Å². The van der Waals surface area contributed by atoms with Crippen molar-refractivity contribution in [3.63, 3.8) is 0 Å². The number of piperidine rings is 1. The second-order valence-electron chi connectivity index (χ2n) is 9.01. The molecule has 0 bridgehead atoms. The first-order valence-corrected chi connectivity index (χ1v) is 11.8. The predicted octanol–water partition coefficient (Wildman–Crippen LogP) is 4.03. The van der Waals surface area contributed by atoms with E-state index in [-0.39, 0.29) is 17.0 Å². The molecule has 2 fully saturated rings. The molecule has 3 aromatic rings. The molecule has 1 aliphatic heterocycles. The number of anilines is 1. The molecule has 0 unspecified atom stereocenters. The number of hydrogen-bond acceptors (Lipinski definition) is 6. The zero-order chi connectivity index (χ0) is 23.3. The molecule has 1 N–H and O–H groups in total. The van der Waals surface area contributed by atoms with E-state index in [4.69, 9.17) is 23.2 Å². The predicted molar refractivity (Wildman–Crippen MR) is 128 cm³/mol. The summed E-state index contributed by atoms with van der Waals surface area (Å²) < 4.78 is 1.43. The highest BCUT2D eigenvalue weighted by molar-refractivity contribution is 6.30. The Morgan fingerprint density at radius 3 is 2.55 bits per heavy atom. The Kier molecular flexibility index (Phi) is 5.56. The molecule has 0 aromatic carbocycles. The minimum absolute atomic E-state index is 0.0447. The molecule has 0 spiro atoms. The van der Waals surface area contributed by atoms with Crippen LogP contribution >= 0.6 is 23.2 Å². The van der Waals surface area contributed by atoms with Crippen molar-refractivity contribution in [3.05, 3.63) is 62.2 Å². The summed E-state index contributed by atoms with van der Waals surface area (Å²) in [5, 5.41) is 22.4. The molecular weight excluding hydrogens is 461 g/mol. The number of hydrogen-bond donors (Lipinski definition) is 1. The molecule has 0 amide bonds. The molecule has 1 saturated carbocycles. The molecule has 3 aromatic heterocycles. The van der Waals surface area contributed by atoms with Gasteiger partial charge in [0.15, 0.2) is 0 Å². The van der Waals surface area contributed by atoms with Crippen LogP contribution in [-0.2, 0) is 7.05 Å². The normalized spacial score (nSPS) is 18.8. The monoisotopic (exact) mass is 483 g/mol. The van der Waals surface area contributed by atoms with Crippen LogP contribution in [0.15, 0.2) is 35.3 Å². The summed E-state index contributed by atoms with van der Waals surface area (Å²) in [6, 6.07) is 9.17. The van der Waals surface area contributed by atoms with Crippen LogP contribution in [-0.4, -0.2) is 38.3 Å².